The normalized spacial score (nSPS) is 10.9. The van der Waals surface area contributed by atoms with E-state index in [1.165, 1.54) is 11.4 Å². The van der Waals surface area contributed by atoms with E-state index in [9.17, 15) is 0 Å². The summed E-state index contributed by atoms with van der Waals surface area (Å²) in [5, 5.41) is 5.18. The van der Waals surface area contributed by atoms with Crippen LogP contribution in [0.1, 0.15) is 29.7 Å². The van der Waals surface area contributed by atoms with Crippen LogP contribution in [0.2, 0.25) is 5.02 Å². The molecule has 0 unspecified atom stereocenters. The summed E-state index contributed by atoms with van der Waals surface area (Å²) < 4.78 is 3.91. The zero-order chi connectivity index (χ0) is 13.3. The summed E-state index contributed by atoms with van der Waals surface area (Å²) in [7, 11) is 1.93. The molecule has 5 heteroatoms. The molecule has 1 N–H and O–H groups in total. The van der Waals surface area contributed by atoms with Crippen LogP contribution in [0.25, 0.3) is 0 Å². The van der Waals surface area contributed by atoms with Crippen molar-refractivity contribution in [2.75, 3.05) is 5.43 Å². The SMILES string of the molecule is CCc1nn(C)c(CNn2c(C)ccc2C)c1Cl. The second kappa shape index (κ2) is 5.06. The Hall–Kier alpha value is -1.42. The van der Waals surface area contributed by atoms with Crippen LogP contribution in [-0.2, 0) is 20.0 Å². The average molecular weight is 267 g/mol. The lowest BCUT2D eigenvalue weighted by Gasteiger charge is -2.13. The Balaban J connectivity index is 2.18. The number of rotatable bonds is 4. The highest BCUT2D eigenvalue weighted by Gasteiger charge is 2.12. The third-order valence-corrected chi connectivity index (χ3v) is 3.62. The summed E-state index contributed by atoms with van der Waals surface area (Å²) in [6, 6.07) is 4.18. The largest absolute Gasteiger partial charge is 0.320 e. The molecule has 98 valence electrons. The van der Waals surface area contributed by atoms with E-state index in [1.807, 2.05) is 11.7 Å². The van der Waals surface area contributed by atoms with Gasteiger partial charge < -0.3 is 5.43 Å². The number of aryl methyl sites for hydroxylation is 4. The molecule has 0 aliphatic rings. The van der Waals surface area contributed by atoms with Gasteiger partial charge in [-0.25, -0.2) is 0 Å². The number of nitrogens with zero attached hydrogens (tertiary/aromatic N) is 3. The molecule has 0 bridgehead atoms. The summed E-state index contributed by atoms with van der Waals surface area (Å²) >= 11 is 6.32. The second-order valence-corrected chi connectivity index (χ2v) is 4.85. The first-order chi connectivity index (χ1) is 8.54. The predicted octanol–water partition coefficient (Wildman–Crippen LogP) is 2.80. The first-order valence-electron chi connectivity index (χ1n) is 6.13. The minimum absolute atomic E-state index is 0.665. The zero-order valence-electron chi connectivity index (χ0n) is 11.3. The Labute approximate surface area is 113 Å². The van der Waals surface area contributed by atoms with Gasteiger partial charge in [-0.3, -0.25) is 9.36 Å². The molecule has 0 atom stereocenters. The lowest BCUT2D eigenvalue weighted by molar-refractivity contribution is 0.682. The minimum atomic E-state index is 0.665. The smallest absolute Gasteiger partial charge is 0.0868 e. The highest BCUT2D eigenvalue weighted by Crippen LogP contribution is 2.21. The molecule has 4 nitrogen and oxygen atoms in total. The first-order valence-corrected chi connectivity index (χ1v) is 6.51. The fourth-order valence-electron chi connectivity index (χ4n) is 2.08. The molecule has 2 aromatic rings. The molecule has 0 saturated carbocycles. The Morgan fingerprint density at radius 3 is 2.39 bits per heavy atom. The fraction of sp³-hybridized carbons (Fsp3) is 0.462. The zero-order valence-corrected chi connectivity index (χ0v) is 12.0. The van der Waals surface area contributed by atoms with Crippen molar-refractivity contribution in [3.8, 4) is 0 Å². The number of aromatic nitrogens is 3. The molecule has 0 amide bonds. The van der Waals surface area contributed by atoms with Crippen LogP contribution >= 0.6 is 11.6 Å². The van der Waals surface area contributed by atoms with Crippen LogP contribution < -0.4 is 5.43 Å². The summed E-state index contributed by atoms with van der Waals surface area (Å²) in [4.78, 5) is 0. The second-order valence-electron chi connectivity index (χ2n) is 4.47. The summed E-state index contributed by atoms with van der Waals surface area (Å²) in [5.74, 6) is 0. The van der Waals surface area contributed by atoms with Crippen molar-refractivity contribution in [3.63, 3.8) is 0 Å². The quantitative estimate of drug-likeness (QED) is 0.924. The maximum atomic E-state index is 6.32. The molecule has 0 radical (unpaired) electrons. The summed E-state index contributed by atoms with van der Waals surface area (Å²) in [6.07, 6.45) is 0.855. The Bertz CT molecular complexity index is 534. The summed E-state index contributed by atoms with van der Waals surface area (Å²) in [6.45, 7) is 6.87. The molecule has 0 aromatic carbocycles. The van der Waals surface area contributed by atoms with E-state index < -0.39 is 0 Å². The fourth-order valence-corrected chi connectivity index (χ4v) is 2.44. The predicted molar refractivity (Wildman–Crippen MR) is 74.6 cm³/mol. The molecule has 0 spiro atoms. The van der Waals surface area contributed by atoms with Gasteiger partial charge in [0.2, 0.25) is 0 Å². The van der Waals surface area contributed by atoms with Gasteiger partial charge in [0.15, 0.2) is 0 Å². The van der Waals surface area contributed by atoms with Gasteiger partial charge in [-0.05, 0) is 32.4 Å². The van der Waals surface area contributed by atoms with E-state index in [0.29, 0.717) is 6.54 Å². The Kier molecular flexibility index (Phi) is 3.66. The molecule has 0 aliphatic carbocycles. The van der Waals surface area contributed by atoms with Crippen LogP contribution in [-0.4, -0.2) is 14.5 Å². The molecule has 0 saturated heterocycles. The van der Waals surface area contributed by atoms with Crippen LogP contribution in [0.3, 0.4) is 0 Å². The molecule has 0 aliphatic heterocycles. The van der Waals surface area contributed by atoms with Crippen molar-refractivity contribution in [1.82, 2.24) is 14.5 Å². The Morgan fingerprint density at radius 1 is 1.28 bits per heavy atom. The third-order valence-electron chi connectivity index (χ3n) is 3.18. The topological polar surface area (TPSA) is 34.8 Å². The van der Waals surface area contributed by atoms with E-state index in [2.05, 4.69) is 48.1 Å². The molecular weight excluding hydrogens is 248 g/mol. The van der Waals surface area contributed by atoms with Gasteiger partial charge in [0.05, 0.1) is 23.0 Å². The van der Waals surface area contributed by atoms with Crippen molar-refractivity contribution in [1.29, 1.82) is 0 Å². The Morgan fingerprint density at radius 2 is 1.89 bits per heavy atom. The number of nitrogens with one attached hydrogen (secondary N) is 1. The maximum Gasteiger partial charge on any atom is 0.0868 e. The highest BCUT2D eigenvalue weighted by atomic mass is 35.5. The van der Waals surface area contributed by atoms with Crippen LogP contribution in [0.4, 0.5) is 0 Å². The van der Waals surface area contributed by atoms with Gasteiger partial charge in [0, 0.05) is 18.4 Å². The van der Waals surface area contributed by atoms with Crippen LogP contribution in [0.15, 0.2) is 12.1 Å². The molecular formula is C13H19ClN4. The maximum absolute atomic E-state index is 6.32. The standard InChI is InChI=1S/C13H19ClN4/c1-5-11-13(14)12(17(4)16-11)8-15-18-9(2)6-7-10(18)3/h6-7,15H,5,8H2,1-4H3. The molecule has 2 aromatic heterocycles. The van der Waals surface area contributed by atoms with Gasteiger partial charge in [0.1, 0.15) is 0 Å². The van der Waals surface area contributed by atoms with Crippen molar-refractivity contribution in [3.05, 3.63) is 39.9 Å². The lowest BCUT2D eigenvalue weighted by Crippen LogP contribution is -2.18. The molecule has 0 fully saturated rings. The van der Waals surface area contributed by atoms with Gasteiger partial charge in [-0.2, -0.15) is 5.10 Å². The van der Waals surface area contributed by atoms with Crippen molar-refractivity contribution in [2.24, 2.45) is 7.05 Å². The van der Waals surface area contributed by atoms with Gasteiger partial charge >= 0.3 is 0 Å². The average Bonchev–Trinajstić information content (AvgIpc) is 2.80. The van der Waals surface area contributed by atoms with Crippen molar-refractivity contribution < 1.29 is 0 Å². The van der Waals surface area contributed by atoms with E-state index in [1.54, 1.807) is 0 Å². The molecule has 18 heavy (non-hydrogen) atoms. The molecule has 2 heterocycles. The molecule has 2 rings (SSSR count). The third kappa shape index (κ3) is 2.25. The van der Waals surface area contributed by atoms with Crippen molar-refractivity contribution >= 4 is 11.6 Å². The van der Waals surface area contributed by atoms with E-state index in [-0.39, 0.29) is 0 Å². The van der Waals surface area contributed by atoms with Crippen molar-refractivity contribution in [2.45, 2.75) is 33.7 Å². The van der Waals surface area contributed by atoms with Gasteiger partial charge in [-0.15, -0.1) is 0 Å². The van der Waals surface area contributed by atoms with Gasteiger partial charge in [0.25, 0.3) is 0 Å². The minimum Gasteiger partial charge on any atom is -0.320 e. The van der Waals surface area contributed by atoms with E-state index in [4.69, 9.17) is 11.6 Å². The first kappa shape index (κ1) is 13.0. The number of hydrogen-bond donors (Lipinski definition) is 1. The van der Waals surface area contributed by atoms with E-state index >= 15 is 0 Å². The van der Waals surface area contributed by atoms with Crippen LogP contribution in [0, 0.1) is 13.8 Å². The van der Waals surface area contributed by atoms with Crippen LogP contribution in [0.5, 0.6) is 0 Å². The number of halogens is 1. The number of hydrogen-bond acceptors (Lipinski definition) is 2. The lowest BCUT2D eigenvalue weighted by atomic mass is 10.3. The monoisotopic (exact) mass is 266 g/mol. The highest BCUT2D eigenvalue weighted by molar-refractivity contribution is 6.31. The summed E-state index contributed by atoms with van der Waals surface area (Å²) in [5.41, 5.74) is 7.70. The van der Waals surface area contributed by atoms with E-state index in [0.717, 1.165) is 22.8 Å². The van der Waals surface area contributed by atoms with Gasteiger partial charge in [-0.1, -0.05) is 18.5 Å².